The van der Waals surface area contributed by atoms with E-state index in [0.29, 0.717) is 17.0 Å². The van der Waals surface area contributed by atoms with Crippen molar-refractivity contribution in [2.45, 2.75) is 12.7 Å². The molecule has 1 atom stereocenters. The van der Waals surface area contributed by atoms with Crippen LogP contribution in [0.2, 0.25) is 0 Å². The number of benzene rings is 1. The van der Waals surface area contributed by atoms with Gasteiger partial charge in [0.2, 0.25) is 0 Å². The van der Waals surface area contributed by atoms with Crippen LogP contribution in [0.4, 0.5) is 0 Å². The van der Waals surface area contributed by atoms with E-state index < -0.39 is 22.8 Å². The maximum atomic E-state index is 12.6. The van der Waals surface area contributed by atoms with Gasteiger partial charge in [0.1, 0.15) is 18.0 Å². The number of ether oxygens (including phenoxy) is 2. The minimum absolute atomic E-state index is 0.0571. The quantitative estimate of drug-likeness (QED) is 0.378. The molecule has 0 saturated carbocycles. The number of nitrogens with zero attached hydrogens (tertiary/aromatic N) is 2. The molecule has 0 bridgehead atoms. The molecule has 0 aliphatic carbocycles. The van der Waals surface area contributed by atoms with Crippen LogP contribution in [-0.4, -0.2) is 58.1 Å². The van der Waals surface area contributed by atoms with Gasteiger partial charge in [-0.15, -0.1) is 11.6 Å². The van der Waals surface area contributed by atoms with Crippen molar-refractivity contribution in [3.63, 3.8) is 0 Å². The Morgan fingerprint density at radius 3 is 3.06 bits per heavy atom. The number of fused-ring (bicyclic) bond motifs is 1. The highest BCUT2D eigenvalue weighted by Gasteiger charge is 2.23. The van der Waals surface area contributed by atoms with Crippen LogP contribution in [0, 0.1) is 0 Å². The highest BCUT2D eigenvalue weighted by atomic mass is 79.9. The average Bonchev–Trinajstić information content (AvgIpc) is 2.79. The molecule has 10 heteroatoms. The Labute approximate surface area is 197 Å². The first-order valence-corrected chi connectivity index (χ1v) is 11.4. The highest BCUT2D eigenvalue weighted by molar-refractivity contribution is 9.10. The van der Waals surface area contributed by atoms with Gasteiger partial charge in [0.25, 0.3) is 5.56 Å². The molecular weight excluding hydrogens is 502 g/mol. The summed E-state index contributed by atoms with van der Waals surface area (Å²) in [5.41, 5.74) is 0.672. The molecule has 1 unspecified atom stereocenters. The van der Waals surface area contributed by atoms with Gasteiger partial charge in [-0.1, -0.05) is 18.2 Å². The first kappa shape index (κ1) is 22.7. The van der Waals surface area contributed by atoms with E-state index in [1.54, 1.807) is 6.07 Å². The van der Waals surface area contributed by atoms with E-state index in [4.69, 9.17) is 21.1 Å². The van der Waals surface area contributed by atoms with Gasteiger partial charge in [-0.25, -0.2) is 9.78 Å². The molecule has 1 aliphatic rings. The van der Waals surface area contributed by atoms with Gasteiger partial charge in [0.15, 0.2) is 5.56 Å². The number of aromatic nitrogens is 2. The van der Waals surface area contributed by atoms with Crippen LogP contribution in [0.15, 0.2) is 45.8 Å². The lowest BCUT2D eigenvalue weighted by Crippen LogP contribution is -2.39. The Hall–Kier alpha value is -2.46. The summed E-state index contributed by atoms with van der Waals surface area (Å²) in [6.45, 7) is 2.94. The molecule has 4 rings (SSSR count). The summed E-state index contributed by atoms with van der Waals surface area (Å²) < 4.78 is 11.8. The molecule has 1 aromatic carbocycles. The molecule has 0 amide bonds. The summed E-state index contributed by atoms with van der Waals surface area (Å²) in [6.07, 6.45) is 1.38. The Morgan fingerprint density at radius 1 is 1.41 bits per heavy atom. The second kappa shape index (κ2) is 9.99. The predicted octanol–water partition coefficient (Wildman–Crippen LogP) is 3.36. The zero-order chi connectivity index (χ0) is 22.7. The van der Waals surface area contributed by atoms with Crippen molar-refractivity contribution in [2.75, 3.05) is 32.1 Å². The smallest absolute Gasteiger partial charge is 0.347 e. The van der Waals surface area contributed by atoms with Crippen molar-refractivity contribution in [2.24, 2.45) is 0 Å². The first-order chi connectivity index (χ1) is 15.5. The zero-order valence-corrected chi connectivity index (χ0v) is 19.4. The summed E-state index contributed by atoms with van der Waals surface area (Å²) in [5, 5.41) is 10.7. The van der Waals surface area contributed by atoms with Crippen LogP contribution in [0.3, 0.4) is 0 Å². The molecule has 2 N–H and O–H groups in total. The summed E-state index contributed by atoms with van der Waals surface area (Å²) in [7, 11) is 0. The second-order valence-corrected chi connectivity index (χ2v) is 8.69. The van der Waals surface area contributed by atoms with Crippen molar-refractivity contribution in [1.29, 1.82) is 0 Å². The van der Waals surface area contributed by atoms with E-state index in [1.807, 2.05) is 24.3 Å². The number of esters is 1. The number of pyridine rings is 2. The lowest BCUT2D eigenvalue weighted by Gasteiger charge is -2.32. The lowest BCUT2D eigenvalue weighted by molar-refractivity contribution is -0.0279. The third kappa shape index (κ3) is 4.96. The van der Waals surface area contributed by atoms with Crippen molar-refractivity contribution in [1.82, 2.24) is 14.9 Å². The fourth-order valence-corrected chi connectivity index (χ4v) is 4.22. The van der Waals surface area contributed by atoms with E-state index >= 15 is 0 Å². The summed E-state index contributed by atoms with van der Waals surface area (Å²) in [4.78, 5) is 33.7. The van der Waals surface area contributed by atoms with Gasteiger partial charge in [0, 0.05) is 36.2 Å². The van der Waals surface area contributed by atoms with Gasteiger partial charge in [-0.2, -0.15) is 0 Å². The maximum absolute atomic E-state index is 12.6. The average molecular weight is 523 g/mol. The SMILES string of the molecule is O=C(OCc1cccc(C2CN(CCCl)CCO2)c1)c1c(O)c2cc(Br)cnc2[nH]c1=O. The van der Waals surface area contributed by atoms with Gasteiger partial charge in [-0.3, -0.25) is 9.69 Å². The maximum Gasteiger partial charge on any atom is 0.347 e. The monoisotopic (exact) mass is 521 g/mol. The summed E-state index contributed by atoms with van der Waals surface area (Å²) >= 11 is 9.12. The number of H-pyrrole nitrogens is 1. The van der Waals surface area contributed by atoms with Gasteiger partial charge in [0.05, 0.1) is 18.1 Å². The van der Waals surface area contributed by atoms with E-state index in [2.05, 4.69) is 30.8 Å². The fraction of sp³-hybridized carbons (Fsp3) is 0.318. The molecular formula is C22H21BrClN3O5. The van der Waals surface area contributed by atoms with Crippen molar-refractivity contribution >= 4 is 44.5 Å². The Bertz CT molecular complexity index is 1200. The zero-order valence-electron chi connectivity index (χ0n) is 17.0. The number of halogens is 2. The van der Waals surface area contributed by atoms with Crippen molar-refractivity contribution in [3.05, 3.63) is 68.0 Å². The Morgan fingerprint density at radius 2 is 2.25 bits per heavy atom. The number of aromatic hydroxyl groups is 1. The van der Waals surface area contributed by atoms with Gasteiger partial charge >= 0.3 is 5.97 Å². The summed E-state index contributed by atoms with van der Waals surface area (Å²) in [5.74, 6) is -0.819. The number of alkyl halides is 1. The lowest BCUT2D eigenvalue weighted by atomic mass is 10.0. The predicted molar refractivity (Wildman–Crippen MR) is 123 cm³/mol. The normalized spacial score (nSPS) is 16.9. The molecule has 168 valence electrons. The number of morpholine rings is 1. The molecule has 32 heavy (non-hydrogen) atoms. The number of hydrogen-bond acceptors (Lipinski definition) is 7. The Kier molecular flexibility index (Phi) is 7.10. The van der Waals surface area contributed by atoms with Crippen LogP contribution < -0.4 is 5.56 Å². The second-order valence-electron chi connectivity index (χ2n) is 7.40. The molecule has 1 aliphatic heterocycles. The molecule has 1 saturated heterocycles. The first-order valence-electron chi connectivity index (χ1n) is 10.0. The van der Waals surface area contributed by atoms with Gasteiger partial charge in [-0.05, 0) is 39.2 Å². The number of carbonyl (C=O) groups is 1. The highest BCUT2D eigenvalue weighted by Crippen LogP contribution is 2.27. The number of carbonyl (C=O) groups excluding carboxylic acids is 1. The van der Waals surface area contributed by atoms with Crippen LogP contribution in [0.5, 0.6) is 5.75 Å². The molecule has 0 radical (unpaired) electrons. The minimum Gasteiger partial charge on any atom is -0.506 e. The minimum atomic E-state index is -0.918. The largest absolute Gasteiger partial charge is 0.506 e. The standard InChI is InChI=1S/C22H21BrClN3O5/c23-15-9-16-19(28)18(21(29)26-20(16)25-10-15)22(30)32-12-13-2-1-3-14(8-13)17-11-27(5-4-24)6-7-31-17/h1-3,8-10,17H,4-7,11-12H2,(H2,25,26,28,29). The number of rotatable bonds is 6. The molecule has 3 heterocycles. The molecule has 2 aromatic heterocycles. The molecule has 3 aromatic rings. The number of hydrogen-bond donors (Lipinski definition) is 2. The third-order valence-electron chi connectivity index (χ3n) is 5.25. The number of aromatic amines is 1. The summed E-state index contributed by atoms with van der Waals surface area (Å²) in [6, 6.07) is 9.12. The molecule has 8 nitrogen and oxygen atoms in total. The van der Waals surface area contributed by atoms with E-state index in [0.717, 1.165) is 30.8 Å². The van der Waals surface area contributed by atoms with Crippen LogP contribution in [0.1, 0.15) is 27.6 Å². The van der Waals surface area contributed by atoms with E-state index in [9.17, 15) is 14.7 Å². The molecule has 1 fully saturated rings. The fourth-order valence-electron chi connectivity index (χ4n) is 3.65. The topological polar surface area (TPSA) is 105 Å². The number of nitrogens with one attached hydrogen (secondary N) is 1. The van der Waals surface area contributed by atoms with Crippen LogP contribution in [0.25, 0.3) is 11.0 Å². The van der Waals surface area contributed by atoms with Crippen LogP contribution in [-0.2, 0) is 16.1 Å². The van der Waals surface area contributed by atoms with E-state index in [1.165, 1.54) is 6.20 Å². The van der Waals surface area contributed by atoms with Gasteiger partial charge < -0.3 is 19.6 Å². The third-order valence-corrected chi connectivity index (χ3v) is 5.86. The van der Waals surface area contributed by atoms with Crippen molar-refractivity contribution < 1.29 is 19.4 Å². The molecule has 0 spiro atoms. The van der Waals surface area contributed by atoms with Crippen LogP contribution >= 0.6 is 27.5 Å². The Balaban J connectivity index is 1.49. The van der Waals surface area contributed by atoms with E-state index in [-0.39, 0.29) is 23.7 Å². The van der Waals surface area contributed by atoms with Crippen molar-refractivity contribution in [3.8, 4) is 5.75 Å².